The van der Waals surface area contributed by atoms with Crippen LogP contribution in [-0.2, 0) is 4.74 Å². The highest BCUT2D eigenvalue weighted by Crippen LogP contribution is 2.37. The van der Waals surface area contributed by atoms with Gasteiger partial charge >= 0.3 is 29.7 Å². The van der Waals surface area contributed by atoms with Crippen molar-refractivity contribution in [2.24, 2.45) is 0 Å². The molecule has 1 N–H and O–H groups in total. The number of alkyl carbamates (subject to hydrolysis) is 1. The van der Waals surface area contributed by atoms with Crippen LogP contribution in [0.5, 0.6) is 17.5 Å². The fraction of sp³-hybridized carbons (Fsp3) is 0.389. The van der Waals surface area contributed by atoms with Crippen LogP contribution >= 0.6 is 0 Å². The van der Waals surface area contributed by atoms with Gasteiger partial charge in [-0.25, -0.2) is 4.79 Å². The molecule has 0 radical (unpaired) electrons. The van der Waals surface area contributed by atoms with E-state index in [9.17, 15) is 28.1 Å². The van der Waals surface area contributed by atoms with Crippen molar-refractivity contribution in [3.63, 3.8) is 0 Å². The molecule has 1 unspecified atom stereocenters. The molecule has 2 rings (SSSR count). The summed E-state index contributed by atoms with van der Waals surface area (Å²) in [5.74, 6) is -0.833. The van der Waals surface area contributed by atoms with Crippen molar-refractivity contribution in [1.29, 1.82) is 0 Å². The van der Waals surface area contributed by atoms with Crippen molar-refractivity contribution in [1.82, 2.24) is 15.3 Å². The molecule has 168 valence electrons. The summed E-state index contributed by atoms with van der Waals surface area (Å²) in [5.41, 5.74) is -1.93. The minimum Gasteiger partial charge on any atom is -0.476 e. The van der Waals surface area contributed by atoms with E-state index in [0.717, 1.165) is 30.6 Å². The highest BCUT2D eigenvalue weighted by Gasteiger charge is 2.42. The fourth-order valence-electron chi connectivity index (χ4n) is 2.35. The standard InChI is InChI=1S/C18H19F3N4O6/c1-17(2,3)31-16(26)24-13(18(19,20)21)10-5-7-11(8-6-10)30-15-12(25(27)28)14(29-4)22-9-23-15/h5-9,13H,1-4H3,(H,24,26). The molecule has 1 aromatic carbocycles. The Morgan fingerprint density at radius 1 is 1.13 bits per heavy atom. The van der Waals surface area contributed by atoms with Gasteiger partial charge in [0.2, 0.25) is 0 Å². The van der Waals surface area contributed by atoms with E-state index < -0.39 is 40.4 Å². The first-order valence-electron chi connectivity index (χ1n) is 8.69. The van der Waals surface area contributed by atoms with Gasteiger partial charge < -0.3 is 19.5 Å². The summed E-state index contributed by atoms with van der Waals surface area (Å²) in [6, 6.07) is 2.04. The molecule has 13 heteroatoms. The predicted molar refractivity (Wildman–Crippen MR) is 99.9 cm³/mol. The van der Waals surface area contributed by atoms with Gasteiger partial charge in [-0.2, -0.15) is 23.1 Å². The molecule has 0 aliphatic carbocycles. The third-order valence-electron chi connectivity index (χ3n) is 3.55. The molecule has 0 saturated heterocycles. The Morgan fingerprint density at radius 3 is 2.19 bits per heavy atom. The third-order valence-corrected chi connectivity index (χ3v) is 3.55. The van der Waals surface area contributed by atoms with Crippen molar-refractivity contribution < 1.29 is 37.1 Å². The van der Waals surface area contributed by atoms with Crippen LogP contribution in [0.25, 0.3) is 0 Å². The smallest absolute Gasteiger partial charge is 0.412 e. The lowest BCUT2D eigenvalue weighted by molar-refractivity contribution is -0.387. The second-order valence-electron chi connectivity index (χ2n) is 7.09. The lowest BCUT2D eigenvalue weighted by atomic mass is 10.1. The van der Waals surface area contributed by atoms with Crippen LogP contribution in [0.15, 0.2) is 30.6 Å². The number of ether oxygens (including phenoxy) is 3. The van der Waals surface area contributed by atoms with Crippen molar-refractivity contribution in [2.75, 3.05) is 7.11 Å². The second kappa shape index (κ2) is 9.02. The number of halogens is 3. The first-order chi connectivity index (χ1) is 14.3. The predicted octanol–water partition coefficient (Wildman–Crippen LogP) is 4.31. The van der Waals surface area contributed by atoms with E-state index in [-0.39, 0.29) is 17.2 Å². The van der Waals surface area contributed by atoms with Crippen molar-refractivity contribution >= 4 is 11.8 Å². The van der Waals surface area contributed by atoms with Crippen LogP contribution in [0, 0.1) is 10.1 Å². The quantitative estimate of drug-likeness (QED) is 0.516. The zero-order valence-corrected chi connectivity index (χ0v) is 16.9. The Morgan fingerprint density at radius 2 is 1.71 bits per heavy atom. The van der Waals surface area contributed by atoms with Crippen LogP contribution < -0.4 is 14.8 Å². The number of aromatic nitrogens is 2. The zero-order valence-electron chi connectivity index (χ0n) is 16.9. The van der Waals surface area contributed by atoms with Gasteiger partial charge in [-0.15, -0.1) is 0 Å². The van der Waals surface area contributed by atoms with Crippen molar-refractivity contribution in [3.05, 3.63) is 46.3 Å². The second-order valence-corrected chi connectivity index (χ2v) is 7.09. The molecular formula is C18H19F3N4O6. The van der Waals surface area contributed by atoms with Crippen LogP contribution in [-0.4, -0.2) is 39.9 Å². The summed E-state index contributed by atoms with van der Waals surface area (Å²) < 4.78 is 55.4. The molecule has 1 amide bonds. The van der Waals surface area contributed by atoms with E-state index in [1.165, 1.54) is 27.9 Å². The summed E-state index contributed by atoms with van der Waals surface area (Å²) in [6.07, 6.45) is -5.07. The highest BCUT2D eigenvalue weighted by atomic mass is 19.4. The number of rotatable bonds is 6. The topological polar surface area (TPSA) is 126 Å². The fourth-order valence-corrected chi connectivity index (χ4v) is 2.35. The molecule has 1 heterocycles. The Bertz CT molecular complexity index is 945. The Kier molecular flexibility index (Phi) is 6.88. The summed E-state index contributed by atoms with van der Waals surface area (Å²) in [4.78, 5) is 29.5. The van der Waals surface area contributed by atoms with Crippen LogP contribution in [0.4, 0.5) is 23.7 Å². The number of carbonyl (C=O) groups is 1. The van der Waals surface area contributed by atoms with Gasteiger partial charge in [-0.1, -0.05) is 12.1 Å². The summed E-state index contributed by atoms with van der Waals surface area (Å²) in [5, 5.41) is 13.0. The Hall–Kier alpha value is -3.64. The molecule has 0 aliphatic rings. The SMILES string of the molecule is COc1ncnc(Oc2ccc(C(NC(=O)OC(C)(C)C)C(F)(F)F)cc2)c1[N+](=O)[O-]. The zero-order chi connectivity index (χ0) is 23.4. The number of hydrogen-bond acceptors (Lipinski definition) is 8. The van der Waals surface area contributed by atoms with E-state index in [2.05, 4.69) is 9.97 Å². The first-order valence-corrected chi connectivity index (χ1v) is 8.69. The summed E-state index contributed by atoms with van der Waals surface area (Å²) in [7, 11) is 1.17. The minimum atomic E-state index is -4.81. The van der Waals surface area contributed by atoms with Gasteiger partial charge in [0, 0.05) is 0 Å². The highest BCUT2D eigenvalue weighted by molar-refractivity contribution is 5.68. The molecular weight excluding hydrogens is 425 g/mol. The number of hydrogen-bond donors (Lipinski definition) is 1. The van der Waals surface area contributed by atoms with E-state index in [4.69, 9.17) is 14.2 Å². The molecule has 10 nitrogen and oxygen atoms in total. The number of amides is 1. The molecule has 0 bridgehead atoms. The van der Waals surface area contributed by atoms with Gasteiger partial charge in [0.1, 0.15) is 17.7 Å². The number of nitrogens with zero attached hydrogens (tertiary/aromatic N) is 3. The molecule has 2 aromatic rings. The molecule has 1 atom stereocenters. The number of nitro groups is 1. The number of carbonyl (C=O) groups excluding carboxylic acids is 1. The summed E-state index contributed by atoms with van der Waals surface area (Å²) >= 11 is 0. The molecule has 0 saturated carbocycles. The maximum Gasteiger partial charge on any atom is 0.412 e. The van der Waals surface area contributed by atoms with Gasteiger partial charge in [0.15, 0.2) is 6.04 Å². The third kappa shape index (κ3) is 6.42. The number of alkyl halides is 3. The van der Waals surface area contributed by atoms with Crippen LogP contribution in [0.3, 0.4) is 0 Å². The molecule has 0 fully saturated rings. The lowest BCUT2D eigenvalue weighted by Crippen LogP contribution is -2.41. The number of benzene rings is 1. The minimum absolute atomic E-state index is 0.0363. The normalized spacial score (nSPS) is 12.6. The number of methoxy groups -OCH3 is 1. The van der Waals surface area contributed by atoms with Crippen molar-refractivity contribution in [2.45, 2.75) is 38.6 Å². The van der Waals surface area contributed by atoms with Crippen molar-refractivity contribution in [3.8, 4) is 17.5 Å². The molecule has 1 aromatic heterocycles. The average molecular weight is 444 g/mol. The van der Waals surface area contributed by atoms with Gasteiger partial charge in [0.05, 0.1) is 12.0 Å². The van der Waals surface area contributed by atoms with E-state index in [0.29, 0.717) is 0 Å². The maximum absolute atomic E-state index is 13.5. The van der Waals surface area contributed by atoms with Crippen LogP contribution in [0.1, 0.15) is 32.4 Å². The van der Waals surface area contributed by atoms with Gasteiger partial charge in [0.25, 0.3) is 0 Å². The van der Waals surface area contributed by atoms with E-state index >= 15 is 0 Å². The Balaban J connectivity index is 2.27. The monoisotopic (exact) mass is 444 g/mol. The lowest BCUT2D eigenvalue weighted by Gasteiger charge is -2.25. The Labute approximate surface area is 174 Å². The van der Waals surface area contributed by atoms with Gasteiger partial charge in [-0.05, 0) is 38.5 Å². The molecule has 31 heavy (non-hydrogen) atoms. The van der Waals surface area contributed by atoms with E-state index in [1.807, 2.05) is 0 Å². The number of nitrogens with one attached hydrogen (secondary N) is 1. The van der Waals surface area contributed by atoms with E-state index in [1.54, 1.807) is 5.32 Å². The largest absolute Gasteiger partial charge is 0.476 e. The van der Waals surface area contributed by atoms with Gasteiger partial charge in [-0.3, -0.25) is 10.1 Å². The molecule has 0 aliphatic heterocycles. The molecule has 0 spiro atoms. The van der Waals surface area contributed by atoms with Crippen LogP contribution in [0.2, 0.25) is 0 Å². The maximum atomic E-state index is 13.5. The average Bonchev–Trinajstić information content (AvgIpc) is 2.64. The first kappa shape index (κ1) is 23.6. The summed E-state index contributed by atoms with van der Waals surface area (Å²) in [6.45, 7) is 4.55.